The Hall–Kier alpha value is -1.44. The number of nitrogens with one attached hydrogen (secondary N) is 3. The van der Waals surface area contributed by atoms with E-state index in [1.54, 1.807) is 12.3 Å². The number of hydrogen-bond acceptors (Lipinski definition) is 5. The van der Waals surface area contributed by atoms with Gasteiger partial charge in [-0.3, -0.25) is 10.4 Å². The van der Waals surface area contributed by atoms with Crippen LogP contribution in [0.5, 0.6) is 0 Å². The molecule has 0 radical (unpaired) electrons. The number of halogens is 1. The van der Waals surface area contributed by atoms with Gasteiger partial charge in [-0.1, -0.05) is 11.6 Å². The van der Waals surface area contributed by atoms with Crippen molar-refractivity contribution in [1.29, 1.82) is 0 Å². The van der Waals surface area contributed by atoms with Crippen LogP contribution in [0.2, 0.25) is 5.02 Å². The largest absolute Gasteiger partial charge is 0.382 e. The highest BCUT2D eigenvalue weighted by molar-refractivity contribution is 7.80. The molecule has 1 unspecified atom stereocenters. The van der Waals surface area contributed by atoms with Crippen LogP contribution in [0, 0.1) is 0 Å². The van der Waals surface area contributed by atoms with Crippen LogP contribution < -0.4 is 16.1 Å². The Labute approximate surface area is 140 Å². The number of thiocarbonyl (C=S) groups is 1. The van der Waals surface area contributed by atoms with E-state index in [-0.39, 0.29) is 0 Å². The molecule has 8 heteroatoms. The number of piperazine rings is 1. The summed E-state index contributed by atoms with van der Waals surface area (Å²) in [5.41, 5.74) is 5.53. The van der Waals surface area contributed by atoms with E-state index in [4.69, 9.17) is 23.8 Å². The van der Waals surface area contributed by atoms with Gasteiger partial charge in [0, 0.05) is 44.8 Å². The van der Waals surface area contributed by atoms with Gasteiger partial charge in [0.15, 0.2) is 5.11 Å². The number of hydrogen-bond donors (Lipinski definition) is 3. The minimum atomic E-state index is 0.432. The summed E-state index contributed by atoms with van der Waals surface area (Å²) < 4.78 is 0. The van der Waals surface area contributed by atoms with Gasteiger partial charge in [-0.2, -0.15) is 5.10 Å². The molecule has 1 fully saturated rings. The molecule has 1 atom stereocenters. The molecular formula is C14H19ClN6S. The first-order valence-corrected chi connectivity index (χ1v) is 8.17. The highest BCUT2D eigenvalue weighted by Gasteiger charge is 2.20. The third-order valence-corrected chi connectivity index (χ3v) is 4.44. The summed E-state index contributed by atoms with van der Waals surface area (Å²) in [4.78, 5) is 6.51. The Kier molecular flexibility index (Phi) is 4.75. The second-order valence-corrected chi connectivity index (χ2v) is 6.26. The van der Waals surface area contributed by atoms with Crippen molar-refractivity contribution in [3.05, 3.63) is 23.0 Å². The van der Waals surface area contributed by atoms with Crippen LogP contribution in [0.3, 0.4) is 0 Å². The van der Waals surface area contributed by atoms with Gasteiger partial charge in [0.2, 0.25) is 0 Å². The van der Waals surface area contributed by atoms with Crippen molar-refractivity contribution in [3.8, 4) is 0 Å². The number of aromatic nitrogens is 1. The molecule has 0 saturated carbocycles. The Balaban J connectivity index is 1.71. The number of pyridine rings is 1. The first-order valence-electron chi connectivity index (χ1n) is 7.39. The zero-order chi connectivity index (χ0) is 15.5. The van der Waals surface area contributed by atoms with Crippen molar-refractivity contribution in [2.24, 2.45) is 5.10 Å². The third kappa shape index (κ3) is 3.31. The van der Waals surface area contributed by atoms with Crippen molar-refractivity contribution >= 4 is 40.3 Å². The van der Waals surface area contributed by atoms with Gasteiger partial charge in [0.05, 0.1) is 16.4 Å². The Morgan fingerprint density at radius 1 is 1.55 bits per heavy atom. The molecule has 0 aliphatic carbocycles. The monoisotopic (exact) mass is 338 g/mol. The number of fused-ring (bicyclic) bond motifs is 1. The zero-order valence-electron chi connectivity index (χ0n) is 12.4. The van der Waals surface area contributed by atoms with Crippen LogP contribution in [0.1, 0.15) is 19.0 Å². The topological polar surface area (TPSA) is 64.6 Å². The molecule has 1 aromatic heterocycles. The zero-order valence-corrected chi connectivity index (χ0v) is 14.0. The average molecular weight is 339 g/mol. The van der Waals surface area contributed by atoms with E-state index in [1.165, 1.54) is 0 Å². The normalized spacial score (nSPS) is 22.9. The fourth-order valence-electron chi connectivity index (χ4n) is 2.66. The lowest BCUT2D eigenvalue weighted by Crippen LogP contribution is -2.53. The van der Waals surface area contributed by atoms with Gasteiger partial charge in [0.1, 0.15) is 5.69 Å². The lowest BCUT2D eigenvalue weighted by atomic mass is 10.1. The van der Waals surface area contributed by atoms with Gasteiger partial charge in [-0.25, -0.2) is 0 Å². The first kappa shape index (κ1) is 15.5. The van der Waals surface area contributed by atoms with Crippen molar-refractivity contribution in [2.45, 2.75) is 19.4 Å². The molecule has 2 aliphatic rings. The lowest BCUT2D eigenvalue weighted by molar-refractivity contribution is 0.301. The summed E-state index contributed by atoms with van der Waals surface area (Å²) in [6.07, 6.45) is 2.48. The lowest BCUT2D eigenvalue weighted by Gasteiger charge is -2.33. The van der Waals surface area contributed by atoms with Crippen molar-refractivity contribution in [1.82, 2.24) is 20.6 Å². The fraction of sp³-hybridized carbons (Fsp3) is 0.500. The average Bonchev–Trinajstić information content (AvgIpc) is 2.53. The molecule has 1 saturated heterocycles. The van der Waals surface area contributed by atoms with Crippen LogP contribution in [-0.4, -0.2) is 52.9 Å². The van der Waals surface area contributed by atoms with E-state index in [0.29, 0.717) is 16.2 Å². The molecular weight excluding hydrogens is 320 g/mol. The molecule has 118 valence electrons. The summed E-state index contributed by atoms with van der Waals surface area (Å²) >= 11 is 11.6. The number of nitrogens with zero attached hydrogens (tertiary/aromatic N) is 3. The molecule has 0 aromatic carbocycles. The predicted octanol–water partition coefficient (Wildman–Crippen LogP) is 1.42. The van der Waals surface area contributed by atoms with Gasteiger partial charge in [-0.15, -0.1) is 0 Å². The van der Waals surface area contributed by atoms with Crippen LogP contribution in [0.15, 0.2) is 17.4 Å². The Bertz CT molecular complexity index is 605. The number of rotatable bonds is 1. The molecule has 0 spiro atoms. The van der Waals surface area contributed by atoms with E-state index in [9.17, 15) is 0 Å². The van der Waals surface area contributed by atoms with Crippen molar-refractivity contribution < 1.29 is 0 Å². The Morgan fingerprint density at radius 3 is 3.23 bits per heavy atom. The summed E-state index contributed by atoms with van der Waals surface area (Å²) in [7, 11) is 0. The maximum Gasteiger partial charge on any atom is 0.189 e. The number of hydrazone groups is 1. The minimum Gasteiger partial charge on any atom is -0.382 e. The maximum atomic E-state index is 6.19. The molecule has 3 N–H and O–H groups in total. The highest BCUT2D eigenvalue weighted by Crippen LogP contribution is 2.28. The number of anilines is 1. The van der Waals surface area contributed by atoms with Crippen LogP contribution in [0.4, 0.5) is 5.69 Å². The van der Waals surface area contributed by atoms with Gasteiger partial charge in [-0.05, 0) is 25.2 Å². The van der Waals surface area contributed by atoms with Crippen LogP contribution >= 0.6 is 23.8 Å². The standard InChI is InChI=1S/C14H19ClN6S/c1-9-8-21(7-6-16-9)14(22)20-19-11-3-5-17-12-10(15)2-4-18-13(11)12/h2,4,9,16-17H,3,5-8H2,1H3,(H,20,22)/b19-11-. The van der Waals surface area contributed by atoms with E-state index in [1.807, 2.05) is 0 Å². The smallest absolute Gasteiger partial charge is 0.189 e. The van der Waals surface area contributed by atoms with E-state index < -0.39 is 0 Å². The molecule has 0 bridgehead atoms. The van der Waals surface area contributed by atoms with E-state index in [2.05, 4.69) is 38.0 Å². The molecule has 22 heavy (non-hydrogen) atoms. The predicted molar refractivity (Wildman–Crippen MR) is 93.7 cm³/mol. The molecule has 3 heterocycles. The Morgan fingerprint density at radius 2 is 2.41 bits per heavy atom. The third-order valence-electron chi connectivity index (χ3n) is 3.78. The molecule has 0 amide bonds. The molecule has 6 nitrogen and oxygen atoms in total. The second-order valence-electron chi connectivity index (χ2n) is 5.47. The second kappa shape index (κ2) is 6.76. The summed E-state index contributed by atoms with van der Waals surface area (Å²) in [5.74, 6) is 0. The summed E-state index contributed by atoms with van der Waals surface area (Å²) in [5, 5.41) is 12.4. The van der Waals surface area contributed by atoms with Gasteiger partial charge < -0.3 is 15.5 Å². The SMILES string of the molecule is CC1CN(C(=S)N/N=C2/CCNc3c(Cl)ccnc32)CCN1. The molecule has 1 aromatic rings. The van der Waals surface area contributed by atoms with Crippen LogP contribution in [0.25, 0.3) is 0 Å². The minimum absolute atomic E-state index is 0.432. The summed E-state index contributed by atoms with van der Waals surface area (Å²) in [6.45, 7) is 5.65. The van der Waals surface area contributed by atoms with Crippen molar-refractivity contribution in [3.63, 3.8) is 0 Å². The summed E-state index contributed by atoms with van der Waals surface area (Å²) in [6, 6.07) is 2.21. The van der Waals surface area contributed by atoms with Crippen LogP contribution in [-0.2, 0) is 0 Å². The molecule has 2 aliphatic heterocycles. The first-order chi connectivity index (χ1) is 10.6. The highest BCUT2D eigenvalue weighted by atomic mass is 35.5. The quantitative estimate of drug-likeness (QED) is 0.532. The fourth-order valence-corrected chi connectivity index (χ4v) is 3.09. The van der Waals surface area contributed by atoms with Gasteiger partial charge in [0.25, 0.3) is 0 Å². The maximum absolute atomic E-state index is 6.19. The van der Waals surface area contributed by atoms with Crippen molar-refractivity contribution in [2.75, 3.05) is 31.5 Å². The van der Waals surface area contributed by atoms with E-state index >= 15 is 0 Å². The van der Waals surface area contributed by atoms with E-state index in [0.717, 1.165) is 49.7 Å². The van der Waals surface area contributed by atoms with Gasteiger partial charge >= 0.3 is 0 Å². The molecule has 3 rings (SSSR count).